The van der Waals surface area contributed by atoms with Gasteiger partial charge in [-0.25, -0.2) is 4.39 Å². The molecular formula is C27H23ClFN3O2. The Morgan fingerprint density at radius 1 is 1.09 bits per heavy atom. The van der Waals surface area contributed by atoms with Gasteiger partial charge in [0.25, 0.3) is 5.91 Å². The zero-order valence-corrected chi connectivity index (χ0v) is 19.3. The third kappa shape index (κ3) is 3.94. The van der Waals surface area contributed by atoms with Gasteiger partial charge >= 0.3 is 0 Å². The lowest BCUT2D eigenvalue weighted by atomic mass is 9.91. The SMILES string of the molecule is CCOc1ccc(N2C(=O)C3=C(C(c4ccc(Cl)cc4)=NCCN3)C2c2ccccc2F)cc1. The number of nitrogens with zero attached hydrogens (tertiary/aromatic N) is 2. The van der Waals surface area contributed by atoms with Crippen LogP contribution in [0.3, 0.4) is 0 Å². The molecule has 0 fully saturated rings. The van der Waals surface area contributed by atoms with Crippen LogP contribution in [0.1, 0.15) is 24.1 Å². The number of carbonyl (C=O) groups is 1. The predicted octanol–water partition coefficient (Wildman–Crippen LogP) is 5.31. The molecule has 2 aliphatic heterocycles. The number of anilines is 1. The summed E-state index contributed by atoms with van der Waals surface area (Å²) in [4.78, 5) is 20.2. The van der Waals surface area contributed by atoms with Gasteiger partial charge in [-0.3, -0.25) is 14.7 Å². The van der Waals surface area contributed by atoms with E-state index >= 15 is 4.39 Å². The molecule has 5 nitrogen and oxygen atoms in total. The Morgan fingerprint density at radius 2 is 1.82 bits per heavy atom. The van der Waals surface area contributed by atoms with Crippen molar-refractivity contribution in [1.82, 2.24) is 5.32 Å². The van der Waals surface area contributed by atoms with E-state index in [0.717, 1.165) is 5.56 Å². The minimum Gasteiger partial charge on any atom is -0.494 e. The molecule has 0 aliphatic carbocycles. The molecule has 0 spiro atoms. The quantitative estimate of drug-likeness (QED) is 0.544. The number of rotatable bonds is 5. The van der Waals surface area contributed by atoms with Crippen LogP contribution < -0.4 is 15.0 Å². The van der Waals surface area contributed by atoms with Crippen molar-refractivity contribution in [2.45, 2.75) is 13.0 Å². The summed E-state index contributed by atoms with van der Waals surface area (Å²) in [6.45, 7) is 3.45. The average molecular weight is 476 g/mol. The molecule has 0 saturated heterocycles. The summed E-state index contributed by atoms with van der Waals surface area (Å²) < 4.78 is 20.8. The fourth-order valence-electron chi connectivity index (χ4n) is 4.45. The first-order chi connectivity index (χ1) is 16.6. The Bertz CT molecular complexity index is 1290. The second-order valence-electron chi connectivity index (χ2n) is 7.98. The summed E-state index contributed by atoms with van der Waals surface area (Å²) in [5.74, 6) is 0.0945. The Morgan fingerprint density at radius 3 is 2.53 bits per heavy atom. The van der Waals surface area contributed by atoms with E-state index in [1.54, 1.807) is 35.2 Å². The van der Waals surface area contributed by atoms with Crippen LogP contribution in [0, 0.1) is 5.82 Å². The molecule has 1 amide bonds. The highest BCUT2D eigenvalue weighted by molar-refractivity contribution is 6.31. The van der Waals surface area contributed by atoms with E-state index in [-0.39, 0.29) is 11.7 Å². The number of amides is 1. The first-order valence-electron chi connectivity index (χ1n) is 11.2. The van der Waals surface area contributed by atoms with Gasteiger partial charge in [-0.15, -0.1) is 0 Å². The minimum absolute atomic E-state index is 0.226. The molecule has 3 aromatic carbocycles. The largest absolute Gasteiger partial charge is 0.494 e. The van der Waals surface area contributed by atoms with Gasteiger partial charge in [0.2, 0.25) is 0 Å². The average Bonchev–Trinajstić information content (AvgIpc) is 2.98. The van der Waals surface area contributed by atoms with Gasteiger partial charge in [-0.05, 0) is 49.4 Å². The molecular weight excluding hydrogens is 453 g/mol. The van der Waals surface area contributed by atoms with E-state index in [9.17, 15) is 4.79 Å². The number of benzene rings is 3. The summed E-state index contributed by atoms with van der Waals surface area (Å²) in [7, 11) is 0. The zero-order valence-electron chi connectivity index (χ0n) is 18.6. The summed E-state index contributed by atoms with van der Waals surface area (Å²) in [5, 5.41) is 3.86. The zero-order chi connectivity index (χ0) is 23.7. The van der Waals surface area contributed by atoms with Crippen molar-refractivity contribution in [3.8, 4) is 5.75 Å². The monoisotopic (exact) mass is 475 g/mol. The third-order valence-electron chi connectivity index (χ3n) is 5.92. The molecule has 1 atom stereocenters. The van der Waals surface area contributed by atoms with Gasteiger partial charge in [0, 0.05) is 34.0 Å². The van der Waals surface area contributed by atoms with Crippen molar-refractivity contribution >= 4 is 28.9 Å². The van der Waals surface area contributed by atoms with Crippen molar-refractivity contribution in [3.05, 3.63) is 106 Å². The van der Waals surface area contributed by atoms with Crippen LogP contribution in [0.15, 0.2) is 89.1 Å². The van der Waals surface area contributed by atoms with Crippen LogP contribution in [0.4, 0.5) is 10.1 Å². The van der Waals surface area contributed by atoms with Crippen LogP contribution in [0.2, 0.25) is 5.02 Å². The molecule has 3 aromatic rings. The second kappa shape index (κ2) is 9.31. The number of nitrogens with one attached hydrogen (secondary N) is 1. The predicted molar refractivity (Wildman–Crippen MR) is 132 cm³/mol. The maximum Gasteiger partial charge on any atom is 0.275 e. The molecule has 2 heterocycles. The lowest BCUT2D eigenvalue weighted by Crippen LogP contribution is -2.34. The van der Waals surface area contributed by atoms with Crippen LogP contribution in [-0.2, 0) is 4.79 Å². The number of carbonyl (C=O) groups excluding carboxylic acids is 1. The van der Waals surface area contributed by atoms with Crippen molar-refractivity contribution in [2.24, 2.45) is 4.99 Å². The first-order valence-corrected chi connectivity index (χ1v) is 11.6. The molecule has 172 valence electrons. The van der Waals surface area contributed by atoms with E-state index in [2.05, 4.69) is 5.32 Å². The maximum absolute atomic E-state index is 15.2. The third-order valence-corrected chi connectivity index (χ3v) is 6.17. The maximum atomic E-state index is 15.2. The van der Waals surface area contributed by atoms with E-state index in [1.165, 1.54) is 6.07 Å². The highest BCUT2D eigenvalue weighted by Gasteiger charge is 2.44. The minimum atomic E-state index is -0.693. The van der Waals surface area contributed by atoms with Gasteiger partial charge in [0.1, 0.15) is 17.3 Å². The topological polar surface area (TPSA) is 53.9 Å². The molecule has 1 N–H and O–H groups in total. The molecule has 0 bridgehead atoms. The van der Waals surface area contributed by atoms with Crippen LogP contribution in [0.5, 0.6) is 5.75 Å². The lowest BCUT2D eigenvalue weighted by molar-refractivity contribution is -0.115. The molecule has 7 heteroatoms. The normalized spacial score (nSPS) is 17.7. The molecule has 1 unspecified atom stereocenters. The van der Waals surface area contributed by atoms with Crippen molar-refractivity contribution in [1.29, 1.82) is 0 Å². The fraction of sp³-hybridized carbons (Fsp3) is 0.185. The van der Waals surface area contributed by atoms with Crippen molar-refractivity contribution in [2.75, 3.05) is 24.6 Å². The van der Waals surface area contributed by atoms with Crippen LogP contribution >= 0.6 is 11.6 Å². The van der Waals surface area contributed by atoms with Gasteiger partial charge < -0.3 is 10.1 Å². The van der Waals surface area contributed by atoms with E-state index < -0.39 is 6.04 Å². The van der Waals surface area contributed by atoms with Crippen LogP contribution in [0.25, 0.3) is 0 Å². The molecule has 5 rings (SSSR count). The molecule has 0 aromatic heterocycles. The van der Waals surface area contributed by atoms with E-state index in [0.29, 0.717) is 58.7 Å². The molecule has 34 heavy (non-hydrogen) atoms. The summed E-state index contributed by atoms with van der Waals surface area (Å²) >= 11 is 6.11. The fourth-order valence-corrected chi connectivity index (χ4v) is 4.58. The Kier molecular flexibility index (Phi) is 6.07. The molecule has 0 saturated carbocycles. The Labute approximate surface area is 202 Å². The van der Waals surface area contributed by atoms with Crippen molar-refractivity contribution < 1.29 is 13.9 Å². The lowest BCUT2D eigenvalue weighted by Gasteiger charge is -2.28. The van der Waals surface area contributed by atoms with E-state index in [1.807, 2.05) is 43.3 Å². The van der Waals surface area contributed by atoms with Gasteiger partial charge in [-0.1, -0.05) is 41.9 Å². The summed E-state index contributed by atoms with van der Waals surface area (Å²) in [6, 6.07) is 20.5. The van der Waals surface area contributed by atoms with Gasteiger partial charge in [0.05, 0.1) is 24.9 Å². The second-order valence-corrected chi connectivity index (χ2v) is 8.42. The molecule has 2 aliphatic rings. The number of halogens is 2. The van der Waals surface area contributed by atoms with Crippen molar-refractivity contribution in [3.63, 3.8) is 0 Å². The van der Waals surface area contributed by atoms with Crippen LogP contribution in [-0.4, -0.2) is 31.3 Å². The number of aliphatic imine (C=N–C) groups is 1. The summed E-state index contributed by atoms with van der Waals surface area (Å²) in [5.41, 5.74) is 3.62. The number of hydrogen-bond acceptors (Lipinski definition) is 4. The van der Waals surface area contributed by atoms with Gasteiger partial charge in [0.15, 0.2) is 0 Å². The van der Waals surface area contributed by atoms with Gasteiger partial charge in [-0.2, -0.15) is 0 Å². The Hall–Kier alpha value is -3.64. The first kappa shape index (κ1) is 22.2. The van der Waals surface area contributed by atoms with E-state index in [4.69, 9.17) is 21.3 Å². The standard InChI is InChI=1S/C27H23ClFN3O2/c1-2-34-20-13-11-19(12-14-20)32-26(21-5-3-4-6-22(21)29)23-24(17-7-9-18(28)10-8-17)30-15-16-31-25(23)27(32)33/h3-14,26,31H,2,15-16H2,1H3. The number of ether oxygens (including phenoxy) is 1. The Balaban J connectivity index is 1.69. The smallest absolute Gasteiger partial charge is 0.275 e. The summed E-state index contributed by atoms with van der Waals surface area (Å²) in [6.07, 6.45) is 0. The highest BCUT2D eigenvalue weighted by Crippen LogP contribution is 2.43. The molecule has 0 radical (unpaired) electrons. The highest BCUT2D eigenvalue weighted by atomic mass is 35.5. The number of hydrogen-bond donors (Lipinski definition) is 1.